The highest BCUT2D eigenvalue weighted by Crippen LogP contribution is 1.85. The molecule has 1 rings (SSSR count). The summed E-state index contributed by atoms with van der Waals surface area (Å²) < 4.78 is 1.36. The Morgan fingerprint density at radius 3 is 2.38 bits per heavy atom. The number of hydrogen-bond acceptors (Lipinski definition) is 2. The van der Waals surface area contributed by atoms with Crippen molar-refractivity contribution in [3.8, 4) is 0 Å². The molecule has 0 amide bonds. The number of rotatable bonds is 1. The molecule has 0 spiro atoms. The third-order valence-corrected chi connectivity index (χ3v) is 1.56. The largest absolute Gasteiger partial charge is 0.328 e. The number of nitrogens with zero attached hydrogens (tertiary/aromatic N) is 1. The van der Waals surface area contributed by atoms with Crippen LogP contribution in [0, 0.1) is 0 Å². The lowest BCUT2D eigenvalue weighted by Crippen LogP contribution is -2.29. The van der Waals surface area contributed by atoms with Crippen LogP contribution in [0.5, 0.6) is 0 Å². The first kappa shape index (κ1) is 11.7. The zero-order chi connectivity index (χ0) is 10.4. The summed E-state index contributed by atoms with van der Waals surface area (Å²) in [5, 5.41) is 0. The van der Waals surface area contributed by atoms with Crippen molar-refractivity contribution in [3.05, 3.63) is 32.6 Å². The van der Waals surface area contributed by atoms with Crippen molar-refractivity contribution in [1.29, 1.82) is 0 Å². The van der Waals surface area contributed by atoms with E-state index in [0.29, 0.717) is 12.0 Å². The van der Waals surface area contributed by atoms with Gasteiger partial charge in [0.05, 0.1) is 0 Å². The summed E-state index contributed by atoms with van der Waals surface area (Å²) in [7, 11) is 1.61. The molecule has 4 heteroatoms. The highest BCUT2D eigenvalue weighted by molar-refractivity contribution is 5.03. The minimum absolute atomic E-state index is 0.282. The Hall–Kier alpha value is -1.32. The third-order valence-electron chi connectivity index (χ3n) is 1.56. The summed E-state index contributed by atoms with van der Waals surface area (Å²) in [6.07, 6.45) is 2.20. The maximum Gasteiger partial charge on any atom is 0.328 e. The van der Waals surface area contributed by atoms with E-state index in [1.807, 2.05) is 20.8 Å². The van der Waals surface area contributed by atoms with Crippen LogP contribution in [0.1, 0.15) is 26.3 Å². The molecule has 0 saturated carbocycles. The summed E-state index contributed by atoms with van der Waals surface area (Å²) in [6.45, 7) is 5.87. The van der Waals surface area contributed by atoms with Crippen LogP contribution in [-0.2, 0) is 13.5 Å². The molecular formula is C9H16N2O2. The van der Waals surface area contributed by atoms with Gasteiger partial charge < -0.3 is 4.57 Å². The first-order valence-electron chi connectivity index (χ1n) is 4.44. The van der Waals surface area contributed by atoms with Crippen LogP contribution in [0.25, 0.3) is 0 Å². The first-order chi connectivity index (χ1) is 6.15. The van der Waals surface area contributed by atoms with Crippen LogP contribution < -0.4 is 11.2 Å². The maximum absolute atomic E-state index is 11.0. The van der Waals surface area contributed by atoms with E-state index in [1.165, 1.54) is 4.57 Å². The van der Waals surface area contributed by atoms with Gasteiger partial charge in [-0.3, -0.25) is 9.78 Å². The van der Waals surface area contributed by atoms with E-state index in [2.05, 4.69) is 4.98 Å². The van der Waals surface area contributed by atoms with Crippen LogP contribution in [-0.4, -0.2) is 9.55 Å². The number of aromatic nitrogens is 2. The number of aromatic amines is 1. The molecule has 0 aliphatic heterocycles. The highest BCUT2D eigenvalue weighted by atomic mass is 16.2. The van der Waals surface area contributed by atoms with Gasteiger partial charge in [0, 0.05) is 18.8 Å². The molecule has 4 nitrogen and oxygen atoms in total. The Labute approximate surface area is 77.2 Å². The average Bonchev–Trinajstić information content (AvgIpc) is 2.15. The summed E-state index contributed by atoms with van der Waals surface area (Å²) >= 11 is 0. The van der Waals surface area contributed by atoms with Crippen molar-refractivity contribution >= 4 is 0 Å². The zero-order valence-electron chi connectivity index (χ0n) is 8.55. The molecule has 0 aromatic carbocycles. The molecule has 0 unspecified atom stereocenters. The fraction of sp³-hybridized carbons (Fsp3) is 0.556. The van der Waals surface area contributed by atoms with Gasteiger partial charge >= 0.3 is 5.69 Å². The second-order valence-corrected chi connectivity index (χ2v) is 2.38. The molecule has 0 atom stereocenters. The van der Waals surface area contributed by atoms with Gasteiger partial charge in [-0.05, 0) is 6.42 Å². The molecule has 74 valence electrons. The highest BCUT2D eigenvalue weighted by Gasteiger charge is 1.97. The van der Waals surface area contributed by atoms with Crippen molar-refractivity contribution < 1.29 is 0 Å². The van der Waals surface area contributed by atoms with Crippen LogP contribution in [0.3, 0.4) is 0 Å². The van der Waals surface area contributed by atoms with Gasteiger partial charge in [0.2, 0.25) is 0 Å². The molecule has 1 heterocycles. The summed E-state index contributed by atoms with van der Waals surface area (Å²) in [5.74, 6) is 0. The topological polar surface area (TPSA) is 54.9 Å². The Kier molecular flexibility index (Phi) is 4.80. The predicted octanol–water partition coefficient (Wildman–Crippen LogP) is 0.662. The minimum Gasteiger partial charge on any atom is -0.303 e. The Balaban J connectivity index is 0.000000671. The monoisotopic (exact) mass is 184 g/mol. The second-order valence-electron chi connectivity index (χ2n) is 2.38. The molecule has 13 heavy (non-hydrogen) atoms. The van der Waals surface area contributed by atoms with Gasteiger partial charge in [-0.1, -0.05) is 20.8 Å². The van der Waals surface area contributed by atoms with Crippen LogP contribution >= 0.6 is 0 Å². The van der Waals surface area contributed by atoms with Crippen molar-refractivity contribution in [2.45, 2.75) is 27.2 Å². The van der Waals surface area contributed by atoms with E-state index in [0.717, 1.165) is 0 Å². The summed E-state index contributed by atoms with van der Waals surface area (Å²) in [5.41, 5.74) is -0.0186. The Morgan fingerprint density at radius 1 is 1.38 bits per heavy atom. The van der Waals surface area contributed by atoms with E-state index >= 15 is 0 Å². The van der Waals surface area contributed by atoms with Gasteiger partial charge in [-0.15, -0.1) is 0 Å². The van der Waals surface area contributed by atoms with Gasteiger partial charge in [0.15, 0.2) is 0 Å². The van der Waals surface area contributed by atoms with Gasteiger partial charge in [0.25, 0.3) is 5.56 Å². The normalized spacial score (nSPS) is 8.92. The molecular weight excluding hydrogens is 168 g/mol. The summed E-state index contributed by atoms with van der Waals surface area (Å²) in [4.78, 5) is 24.0. The predicted molar refractivity (Wildman–Crippen MR) is 53.0 cm³/mol. The smallest absolute Gasteiger partial charge is 0.303 e. The number of aryl methyl sites for hydroxylation is 2. The molecule has 1 aromatic rings. The molecule has 0 aliphatic carbocycles. The van der Waals surface area contributed by atoms with Crippen LogP contribution in [0.4, 0.5) is 0 Å². The molecule has 0 radical (unpaired) electrons. The first-order valence-corrected chi connectivity index (χ1v) is 4.44. The quantitative estimate of drug-likeness (QED) is 0.697. The van der Waals surface area contributed by atoms with Crippen molar-refractivity contribution in [1.82, 2.24) is 9.55 Å². The van der Waals surface area contributed by atoms with E-state index in [1.54, 1.807) is 13.2 Å². The van der Waals surface area contributed by atoms with Crippen LogP contribution in [0.2, 0.25) is 0 Å². The lowest BCUT2D eigenvalue weighted by Gasteiger charge is -1.97. The number of H-pyrrole nitrogens is 1. The fourth-order valence-corrected chi connectivity index (χ4v) is 0.868. The van der Waals surface area contributed by atoms with Gasteiger partial charge in [-0.2, -0.15) is 0 Å². The molecule has 0 saturated heterocycles. The Morgan fingerprint density at radius 2 is 1.92 bits per heavy atom. The zero-order valence-corrected chi connectivity index (χ0v) is 8.55. The molecule has 0 fully saturated rings. The standard InChI is InChI=1S/C7H10N2O2.C2H6/c1-3-5-4-9(2)7(11)8-6(5)10;1-2/h4H,3H2,1-2H3,(H,8,10,11);1-2H3. The van der Waals surface area contributed by atoms with E-state index in [4.69, 9.17) is 0 Å². The SMILES string of the molecule is CC.CCc1cn(C)c(=O)[nH]c1=O. The lowest BCUT2D eigenvalue weighted by atomic mass is 10.3. The van der Waals surface area contributed by atoms with Crippen molar-refractivity contribution in [2.75, 3.05) is 0 Å². The minimum atomic E-state index is -0.368. The number of hydrogen-bond donors (Lipinski definition) is 1. The second kappa shape index (κ2) is 5.35. The van der Waals surface area contributed by atoms with E-state index in [9.17, 15) is 9.59 Å². The molecule has 1 aromatic heterocycles. The molecule has 1 N–H and O–H groups in total. The molecule has 0 aliphatic rings. The van der Waals surface area contributed by atoms with Crippen molar-refractivity contribution in [3.63, 3.8) is 0 Å². The van der Waals surface area contributed by atoms with Crippen molar-refractivity contribution in [2.24, 2.45) is 7.05 Å². The van der Waals surface area contributed by atoms with E-state index in [-0.39, 0.29) is 11.2 Å². The fourth-order valence-electron chi connectivity index (χ4n) is 0.868. The Bertz CT molecular complexity index is 363. The maximum atomic E-state index is 11.0. The number of nitrogens with one attached hydrogen (secondary N) is 1. The summed E-state index contributed by atoms with van der Waals surface area (Å²) in [6, 6.07) is 0. The van der Waals surface area contributed by atoms with Gasteiger partial charge in [0.1, 0.15) is 0 Å². The third kappa shape index (κ3) is 2.89. The molecule has 0 bridgehead atoms. The van der Waals surface area contributed by atoms with Crippen LogP contribution in [0.15, 0.2) is 15.8 Å². The average molecular weight is 184 g/mol. The van der Waals surface area contributed by atoms with E-state index < -0.39 is 0 Å². The van der Waals surface area contributed by atoms with Gasteiger partial charge in [-0.25, -0.2) is 4.79 Å². The lowest BCUT2D eigenvalue weighted by molar-refractivity contribution is 0.778.